The number of nitrogens with one attached hydrogen (secondary N) is 2. The van der Waals surface area contributed by atoms with Crippen LogP contribution in [0, 0.1) is 0 Å². The van der Waals surface area contributed by atoms with Crippen molar-refractivity contribution in [2.24, 2.45) is 0 Å². The number of carbonyl (C=O) groups excluding carboxylic acids is 2. The van der Waals surface area contributed by atoms with E-state index in [4.69, 9.17) is 0 Å². The molecule has 0 bridgehead atoms. The van der Waals surface area contributed by atoms with Gasteiger partial charge < -0.3 is 0 Å². The highest BCUT2D eigenvalue weighted by molar-refractivity contribution is 7.99. The van der Waals surface area contributed by atoms with Gasteiger partial charge in [0.2, 0.25) is 10.0 Å². The summed E-state index contributed by atoms with van der Waals surface area (Å²) in [6.45, 7) is 0.808. The van der Waals surface area contributed by atoms with Crippen molar-refractivity contribution >= 4 is 44.9 Å². The zero-order chi connectivity index (χ0) is 21.8. The number of thiophene rings is 1. The molecule has 14 heteroatoms. The van der Waals surface area contributed by atoms with Crippen LogP contribution in [-0.4, -0.2) is 69.3 Å². The highest BCUT2D eigenvalue weighted by Gasteiger charge is 2.31. The molecule has 1 fully saturated rings. The zero-order valence-electron chi connectivity index (χ0n) is 16.0. The van der Waals surface area contributed by atoms with E-state index in [2.05, 4.69) is 26.4 Å². The molecule has 4 rings (SSSR count). The molecule has 2 amide bonds. The lowest BCUT2D eigenvalue weighted by Gasteiger charge is -2.25. The van der Waals surface area contributed by atoms with Gasteiger partial charge in [0.25, 0.3) is 11.8 Å². The summed E-state index contributed by atoms with van der Waals surface area (Å²) in [5, 5.41) is 12.4. The Morgan fingerprint density at radius 2 is 1.71 bits per heavy atom. The molecular weight excluding hydrogens is 462 g/mol. The number of aromatic nitrogens is 4. The van der Waals surface area contributed by atoms with Crippen LogP contribution < -0.4 is 10.9 Å². The predicted molar refractivity (Wildman–Crippen MR) is 114 cm³/mol. The number of hydrazine groups is 1. The zero-order valence-corrected chi connectivity index (χ0v) is 18.4. The fraction of sp³-hybridized carbons (Fsp3) is 0.235. The van der Waals surface area contributed by atoms with Crippen molar-refractivity contribution in [3.8, 4) is 5.69 Å². The van der Waals surface area contributed by atoms with Gasteiger partial charge in [-0.3, -0.25) is 20.4 Å². The summed E-state index contributed by atoms with van der Waals surface area (Å²) in [4.78, 5) is 24.9. The SMILES string of the molecule is O=C(NNC(=O)c1sccc1S(=O)(=O)N1CCSCC1)c1ccc(-n2cnnn2)cc1. The van der Waals surface area contributed by atoms with Crippen LogP contribution in [0.1, 0.15) is 20.0 Å². The van der Waals surface area contributed by atoms with E-state index in [1.165, 1.54) is 21.4 Å². The molecule has 0 unspecified atom stereocenters. The van der Waals surface area contributed by atoms with Crippen LogP contribution in [0.5, 0.6) is 0 Å². The molecule has 2 aromatic heterocycles. The first-order valence-corrected chi connectivity index (χ1v) is 12.5. The molecule has 1 aromatic carbocycles. The largest absolute Gasteiger partial charge is 0.281 e. The fourth-order valence-electron chi connectivity index (χ4n) is 2.88. The number of hydrogen-bond acceptors (Lipinski definition) is 9. The minimum atomic E-state index is -3.77. The summed E-state index contributed by atoms with van der Waals surface area (Å²) in [7, 11) is -3.77. The maximum atomic E-state index is 12.9. The van der Waals surface area contributed by atoms with Gasteiger partial charge in [0.1, 0.15) is 16.1 Å². The van der Waals surface area contributed by atoms with Crippen LogP contribution in [0.3, 0.4) is 0 Å². The van der Waals surface area contributed by atoms with Gasteiger partial charge in [-0.1, -0.05) is 0 Å². The second kappa shape index (κ2) is 9.13. The maximum Gasteiger partial charge on any atom is 0.281 e. The summed E-state index contributed by atoms with van der Waals surface area (Å²) >= 11 is 2.69. The fourth-order valence-corrected chi connectivity index (χ4v) is 6.75. The molecule has 2 N–H and O–H groups in total. The number of carbonyl (C=O) groups is 2. The topological polar surface area (TPSA) is 139 Å². The van der Waals surface area contributed by atoms with Crippen LogP contribution in [0.2, 0.25) is 0 Å². The maximum absolute atomic E-state index is 12.9. The molecule has 0 atom stereocenters. The van der Waals surface area contributed by atoms with E-state index in [0.29, 0.717) is 35.8 Å². The molecule has 3 aromatic rings. The Morgan fingerprint density at radius 3 is 2.39 bits per heavy atom. The monoisotopic (exact) mass is 479 g/mol. The van der Waals surface area contributed by atoms with Gasteiger partial charge in [-0.05, 0) is 46.1 Å². The first-order valence-electron chi connectivity index (χ1n) is 9.06. The van der Waals surface area contributed by atoms with Crippen LogP contribution >= 0.6 is 23.1 Å². The van der Waals surface area contributed by atoms with Gasteiger partial charge in [-0.2, -0.15) is 16.1 Å². The molecule has 11 nitrogen and oxygen atoms in total. The first kappa shape index (κ1) is 21.4. The molecule has 1 saturated heterocycles. The van der Waals surface area contributed by atoms with E-state index >= 15 is 0 Å². The predicted octanol–water partition coefficient (Wildman–Crippen LogP) is 0.536. The average Bonchev–Trinajstić information content (AvgIpc) is 3.51. The summed E-state index contributed by atoms with van der Waals surface area (Å²) in [5.41, 5.74) is 5.55. The molecule has 0 radical (unpaired) electrons. The Labute approximate surface area is 185 Å². The van der Waals surface area contributed by atoms with Gasteiger partial charge in [0.05, 0.1) is 5.69 Å². The Balaban J connectivity index is 1.41. The lowest BCUT2D eigenvalue weighted by atomic mass is 10.2. The number of tetrazole rings is 1. The van der Waals surface area contributed by atoms with Gasteiger partial charge in [-0.15, -0.1) is 16.4 Å². The molecular formula is C17H17N7O4S3. The summed E-state index contributed by atoms with van der Waals surface area (Å²) in [6.07, 6.45) is 1.42. The Hall–Kier alpha value is -2.81. The van der Waals surface area contributed by atoms with Crippen molar-refractivity contribution in [2.75, 3.05) is 24.6 Å². The summed E-state index contributed by atoms with van der Waals surface area (Å²) < 4.78 is 28.6. The van der Waals surface area contributed by atoms with Crippen molar-refractivity contribution in [1.82, 2.24) is 35.4 Å². The molecule has 31 heavy (non-hydrogen) atoms. The van der Waals surface area contributed by atoms with E-state index < -0.39 is 21.8 Å². The van der Waals surface area contributed by atoms with Gasteiger partial charge in [0.15, 0.2) is 0 Å². The van der Waals surface area contributed by atoms with Crippen molar-refractivity contribution < 1.29 is 18.0 Å². The average molecular weight is 480 g/mol. The third-order valence-electron chi connectivity index (χ3n) is 4.46. The standard InChI is InChI=1S/C17H17N7O4S3/c25-16(12-1-3-13(4-2-12)24-11-18-21-22-24)19-20-17(26)15-14(5-8-30-15)31(27,28)23-6-9-29-10-7-23/h1-5,8,11H,6-7,9-10H2,(H,19,25)(H,20,26). The summed E-state index contributed by atoms with van der Waals surface area (Å²) in [6, 6.07) is 7.81. The molecule has 0 spiro atoms. The minimum Gasteiger partial charge on any atom is -0.267 e. The smallest absolute Gasteiger partial charge is 0.267 e. The second-order valence-electron chi connectivity index (χ2n) is 6.34. The number of amides is 2. The number of nitrogens with zero attached hydrogens (tertiary/aromatic N) is 5. The molecule has 0 aliphatic carbocycles. The van der Waals surface area contributed by atoms with Gasteiger partial charge >= 0.3 is 0 Å². The van der Waals surface area contributed by atoms with Crippen LogP contribution in [0.25, 0.3) is 5.69 Å². The van der Waals surface area contributed by atoms with Crippen molar-refractivity contribution in [3.63, 3.8) is 0 Å². The third-order valence-corrected chi connectivity index (χ3v) is 8.38. The highest BCUT2D eigenvalue weighted by Crippen LogP contribution is 2.27. The minimum absolute atomic E-state index is 0.0209. The highest BCUT2D eigenvalue weighted by atomic mass is 32.2. The normalized spacial score (nSPS) is 14.8. The quantitative estimate of drug-likeness (QED) is 0.506. The lowest BCUT2D eigenvalue weighted by Crippen LogP contribution is -2.42. The second-order valence-corrected chi connectivity index (χ2v) is 10.4. The van der Waals surface area contributed by atoms with E-state index in [-0.39, 0.29) is 9.77 Å². The molecule has 162 valence electrons. The molecule has 0 saturated carbocycles. The van der Waals surface area contributed by atoms with Gasteiger partial charge in [-0.25, -0.2) is 13.1 Å². The summed E-state index contributed by atoms with van der Waals surface area (Å²) in [5.74, 6) is 0.185. The lowest BCUT2D eigenvalue weighted by molar-refractivity contribution is 0.0847. The van der Waals surface area contributed by atoms with Gasteiger partial charge in [0, 0.05) is 30.2 Å². The van der Waals surface area contributed by atoms with Crippen LogP contribution in [-0.2, 0) is 10.0 Å². The Morgan fingerprint density at radius 1 is 1.00 bits per heavy atom. The van der Waals surface area contributed by atoms with Crippen LogP contribution in [0.4, 0.5) is 0 Å². The first-order chi connectivity index (χ1) is 15.0. The Bertz CT molecular complexity index is 1170. The van der Waals surface area contributed by atoms with E-state index in [9.17, 15) is 18.0 Å². The van der Waals surface area contributed by atoms with Crippen molar-refractivity contribution in [2.45, 2.75) is 4.90 Å². The number of benzene rings is 1. The van der Waals surface area contributed by atoms with E-state index in [1.54, 1.807) is 41.4 Å². The number of rotatable bonds is 5. The Kier molecular flexibility index (Phi) is 6.31. The van der Waals surface area contributed by atoms with E-state index in [0.717, 1.165) is 11.3 Å². The van der Waals surface area contributed by atoms with Crippen molar-refractivity contribution in [3.05, 3.63) is 52.5 Å². The van der Waals surface area contributed by atoms with E-state index in [1.807, 2.05) is 0 Å². The third kappa shape index (κ3) is 4.61. The molecule has 3 heterocycles. The number of sulfonamides is 1. The molecule has 1 aliphatic heterocycles. The molecule has 1 aliphatic rings. The number of hydrogen-bond donors (Lipinski definition) is 2. The van der Waals surface area contributed by atoms with Crippen molar-refractivity contribution in [1.29, 1.82) is 0 Å². The number of thioether (sulfide) groups is 1. The van der Waals surface area contributed by atoms with Crippen LogP contribution in [0.15, 0.2) is 46.9 Å².